The maximum absolute atomic E-state index is 2.74. The zero-order valence-corrected chi connectivity index (χ0v) is 15.8. The van der Waals surface area contributed by atoms with Crippen molar-refractivity contribution in [2.45, 2.75) is 88.1 Å². The van der Waals surface area contributed by atoms with E-state index in [0.29, 0.717) is 4.75 Å². The minimum Gasteiger partial charge on any atom is -0.236 e. The summed E-state index contributed by atoms with van der Waals surface area (Å²) in [5.41, 5.74) is 0.869. The first-order valence-corrected chi connectivity index (χ1v) is 11.9. The van der Waals surface area contributed by atoms with Gasteiger partial charge in [-0.25, -0.2) is 10.0 Å². The molecule has 21 heavy (non-hydrogen) atoms. The molecule has 122 valence electrons. The molecule has 4 fully saturated rings. The van der Waals surface area contributed by atoms with Crippen LogP contribution in [0, 0.1) is 23.2 Å². The molecule has 4 rings (SSSR count). The lowest BCUT2D eigenvalue weighted by atomic mass is 9.56. The number of unbranched alkanes of at least 4 members (excludes halogenated alkanes) is 1. The fourth-order valence-electron chi connectivity index (χ4n) is 7.32. The minimum absolute atomic E-state index is 0.541. The summed E-state index contributed by atoms with van der Waals surface area (Å²) >= 11 is 0. The quantitative estimate of drug-likeness (QED) is 0.585. The van der Waals surface area contributed by atoms with Gasteiger partial charge in [0.1, 0.15) is 0 Å². The summed E-state index contributed by atoms with van der Waals surface area (Å²) < 4.78 is 1.35. The molecule has 0 aliphatic heterocycles. The molecule has 0 saturated heterocycles. The molecule has 3 bridgehead atoms. The third kappa shape index (κ3) is 1.65. The fourth-order valence-corrected chi connectivity index (χ4v) is 11.0. The molecule has 0 heterocycles. The van der Waals surface area contributed by atoms with Gasteiger partial charge in [-0.3, -0.25) is 0 Å². The number of fused-ring (bicyclic) bond motifs is 2. The third-order valence-corrected chi connectivity index (χ3v) is 14.6. The van der Waals surface area contributed by atoms with Crippen molar-refractivity contribution < 1.29 is 0 Å². The first kappa shape index (κ1) is 14.9. The molecule has 0 aromatic heterocycles. The summed E-state index contributed by atoms with van der Waals surface area (Å²) in [6.45, 7) is 7.61. The maximum atomic E-state index is 2.74. The van der Waals surface area contributed by atoms with E-state index in [1.807, 2.05) is 0 Å². The molecule has 0 amide bonds. The van der Waals surface area contributed by atoms with Crippen molar-refractivity contribution in [3.63, 3.8) is 0 Å². The van der Waals surface area contributed by atoms with Crippen molar-refractivity contribution in [2.24, 2.45) is 23.2 Å². The van der Waals surface area contributed by atoms with Crippen LogP contribution in [-0.2, 0) is 0 Å². The van der Waals surface area contributed by atoms with Gasteiger partial charge in [0.15, 0.2) is 0 Å². The Kier molecular flexibility index (Phi) is 3.02. The lowest BCUT2D eigenvalue weighted by Crippen LogP contribution is -2.46. The molecule has 5 atom stereocenters. The fraction of sp³-hybridized carbons (Fsp3) is 1.00. The number of hydrogen-bond donors (Lipinski definition) is 0. The number of hydrogen-bond acceptors (Lipinski definition) is 0. The highest BCUT2D eigenvalue weighted by Gasteiger charge is 2.73. The first-order valence-electron chi connectivity index (χ1n) is 9.49. The van der Waals surface area contributed by atoms with Crippen LogP contribution >= 0.6 is 10.0 Å². The zero-order chi connectivity index (χ0) is 15.1. The second kappa shape index (κ2) is 4.25. The molecule has 4 aliphatic carbocycles. The average Bonchev–Trinajstić information content (AvgIpc) is 2.72. The minimum atomic E-state index is -0.541. The van der Waals surface area contributed by atoms with E-state index in [-0.39, 0.29) is 0 Å². The Morgan fingerprint density at radius 1 is 1.05 bits per heavy atom. The van der Waals surface area contributed by atoms with Crippen molar-refractivity contribution in [1.29, 1.82) is 0 Å². The molecule has 0 nitrogen and oxygen atoms in total. The van der Waals surface area contributed by atoms with E-state index in [1.165, 1.54) is 19.3 Å². The van der Waals surface area contributed by atoms with E-state index in [4.69, 9.17) is 0 Å². The van der Waals surface area contributed by atoms with Crippen LogP contribution in [0.15, 0.2) is 0 Å². The zero-order valence-electron chi connectivity index (χ0n) is 15.0. The van der Waals surface area contributed by atoms with Crippen LogP contribution in [-0.4, -0.2) is 22.0 Å². The van der Waals surface area contributed by atoms with Crippen molar-refractivity contribution in [1.82, 2.24) is 0 Å². The van der Waals surface area contributed by atoms with Gasteiger partial charge in [0.25, 0.3) is 0 Å². The molecule has 1 heteroatoms. The normalized spacial score (nSPS) is 48.3. The van der Waals surface area contributed by atoms with Gasteiger partial charge in [-0.2, -0.15) is 0 Å². The summed E-state index contributed by atoms with van der Waals surface area (Å²) in [4.78, 5) is 0. The van der Waals surface area contributed by atoms with Crippen LogP contribution in [0.5, 0.6) is 0 Å². The van der Waals surface area contributed by atoms with Gasteiger partial charge in [-0.15, -0.1) is 0 Å². The van der Waals surface area contributed by atoms with E-state index in [9.17, 15) is 0 Å². The van der Waals surface area contributed by atoms with Crippen molar-refractivity contribution in [3.05, 3.63) is 0 Å². The maximum Gasteiger partial charge on any atom is 0.00131 e. The highest BCUT2D eigenvalue weighted by molar-refractivity contribution is 8.34. The summed E-state index contributed by atoms with van der Waals surface area (Å²) in [6, 6.07) is 0. The highest BCUT2D eigenvalue weighted by atomic mass is 32.3. The molecule has 4 saturated carbocycles. The Bertz CT molecular complexity index is 447. The van der Waals surface area contributed by atoms with E-state index in [2.05, 4.69) is 33.3 Å². The molecule has 0 radical (unpaired) electrons. The van der Waals surface area contributed by atoms with Crippen LogP contribution < -0.4 is 0 Å². The molecule has 0 N–H and O–H groups in total. The smallest absolute Gasteiger partial charge is 0.00131 e. The predicted octanol–water partition coefficient (Wildman–Crippen LogP) is 5.99. The highest BCUT2D eigenvalue weighted by Crippen LogP contribution is 2.84. The SMILES string of the molecule is CCCCC(C)(C)S(C)(C)C12CC3CC4CC(C1)C4(C3)C2. The molecule has 4 aliphatic rings. The van der Waals surface area contributed by atoms with Crippen LogP contribution in [0.25, 0.3) is 0 Å². The molecule has 1 spiro atoms. The Morgan fingerprint density at radius 3 is 2.52 bits per heavy atom. The lowest BCUT2D eigenvalue weighted by Gasteiger charge is -2.61. The summed E-state index contributed by atoms with van der Waals surface area (Å²) in [6.07, 6.45) is 19.5. The Balaban J connectivity index is 1.66. The topological polar surface area (TPSA) is 0 Å². The average molecular weight is 309 g/mol. The van der Waals surface area contributed by atoms with Gasteiger partial charge in [0.05, 0.1) is 0 Å². The van der Waals surface area contributed by atoms with Gasteiger partial charge in [0, 0.05) is 4.75 Å². The largest absolute Gasteiger partial charge is 0.236 e. The van der Waals surface area contributed by atoms with Crippen LogP contribution in [0.2, 0.25) is 0 Å². The molecule has 5 unspecified atom stereocenters. The standard InChI is InChI=1S/C20H36S/c1-6-7-8-18(2,3)21(4,5)19-11-15-9-16-10-17(13-19)20(16,12-15)14-19/h15-17H,6-14H2,1-5H3. The Hall–Kier alpha value is 0.350. The third-order valence-electron chi connectivity index (χ3n) is 9.01. The van der Waals surface area contributed by atoms with Gasteiger partial charge < -0.3 is 0 Å². The monoisotopic (exact) mass is 308 g/mol. The van der Waals surface area contributed by atoms with Gasteiger partial charge in [-0.1, -0.05) is 33.6 Å². The van der Waals surface area contributed by atoms with Crippen LogP contribution in [0.3, 0.4) is 0 Å². The lowest BCUT2D eigenvalue weighted by molar-refractivity contribution is 0.00110. The van der Waals surface area contributed by atoms with Crippen LogP contribution in [0.4, 0.5) is 0 Å². The molecular weight excluding hydrogens is 272 g/mol. The van der Waals surface area contributed by atoms with Gasteiger partial charge >= 0.3 is 0 Å². The number of rotatable bonds is 5. The van der Waals surface area contributed by atoms with Crippen LogP contribution in [0.1, 0.15) is 78.6 Å². The molecular formula is C20H36S. The second-order valence-corrected chi connectivity index (χ2v) is 14.8. The summed E-state index contributed by atoms with van der Waals surface area (Å²) in [5.74, 6) is 3.42. The summed E-state index contributed by atoms with van der Waals surface area (Å²) in [5, 5.41) is 0. The van der Waals surface area contributed by atoms with E-state index >= 15 is 0 Å². The molecule has 0 aromatic rings. The van der Waals surface area contributed by atoms with Crippen molar-refractivity contribution in [2.75, 3.05) is 12.5 Å². The Morgan fingerprint density at radius 2 is 1.81 bits per heavy atom. The van der Waals surface area contributed by atoms with Gasteiger partial charge in [0.2, 0.25) is 0 Å². The van der Waals surface area contributed by atoms with Gasteiger partial charge in [-0.05, 0) is 85.4 Å². The predicted molar refractivity (Wildman–Crippen MR) is 96.4 cm³/mol. The van der Waals surface area contributed by atoms with Crippen molar-refractivity contribution >= 4 is 10.0 Å². The van der Waals surface area contributed by atoms with E-state index in [1.54, 1.807) is 38.5 Å². The molecule has 0 aromatic carbocycles. The van der Waals surface area contributed by atoms with E-state index < -0.39 is 10.0 Å². The van der Waals surface area contributed by atoms with Crippen molar-refractivity contribution in [3.8, 4) is 0 Å². The second-order valence-electron chi connectivity index (χ2n) is 10.1. The van der Waals surface area contributed by atoms with E-state index in [0.717, 1.165) is 27.9 Å². The Labute approximate surface area is 134 Å². The summed E-state index contributed by atoms with van der Waals surface area (Å²) in [7, 11) is -0.541. The first-order chi connectivity index (χ1) is 9.76.